The number of carbonyl (C=O) groups is 1. The summed E-state index contributed by atoms with van der Waals surface area (Å²) in [5, 5.41) is 0. The summed E-state index contributed by atoms with van der Waals surface area (Å²) in [6.07, 6.45) is 17.6. The fourth-order valence-corrected chi connectivity index (χ4v) is 9.04. The quantitative estimate of drug-likeness (QED) is 0.490. The first-order valence-corrected chi connectivity index (χ1v) is 12.4. The zero-order valence-electron chi connectivity index (χ0n) is 18.6. The lowest BCUT2D eigenvalue weighted by Crippen LogP contribution is -2.53. The number of Topliss-reactive ketones (excluding diaryl/α,β-unsaturated/α-hetero) is 1. The van der Waals surface area contributed by atoms with E-state index in [2.05, 4.69) is 20.8 Å². The van der Waals surface area contributed by atoms with Gasteiger partial charge in [-0.2, -0.15) is 0 Å². The third-order valence-corrected chi connectivity index (χ3v) is 10.6. The van der Waals surface area contributed by atoms with Crippen molar-refractivity contribution in [3.63, 3.8) is 0 Å². The number of hydrogen-bond acceptors (Lipinski definition) is 1. The molecule has 0 heterocycles. The highest BCUT2D eigenvalue weighted by Crippen LogP contribution is 2.68. The van der Waals surface area contributed by atoms with Gasteiger partial charge in [-0.25, -0.2) is 0 Å². The second-order valence-corrected chi connectivity index (χ2v) is 11.5. The van der Waals surface area contributed by atoms with Gasteiger partial charge in [0.1, 0.15) is 5.78 Å². The summed E-state index contributed by atoms with van der Waals surface area (Å²) in [5.74, 6) is 6.11. The fourth-order valence-electron chi connectivity index (χ4n) is 9.04. The molecule has 0 saturated heterocycles. The maximum Gasteiger partial charge on any atom is 0.132 e. The molecule has 0 spiro atoms. The Hall–Kier alpha value is -0.330. The van der Waals surface area contributed by atoms with Gasteiger partial charge in [0, 0.05) is 12.8 Å². The van der Waals surface area contributed by atoms with E-state index in [0.29, 0.717) is 16.6 Å². The Morgan fingerprint density at radius 2 is 1.70 bits per heavy atom. The Morgan fingerprint density at radius 3 is 2.48 bits per heavy atom. The third kappa shape index (κ3) is 3.24. The molecule has 0 aromatic carbocycles. The molecule has 0 aromatic heterocycles. The van der Waals surface area contributed by atoms with Crippen LogP contribution >= 0.6 is 0 Å². The smallest absolute Gasteiger partial charge is 0.132 e. The molecule has 1 unspecified atom stereocenters. The van der Waals surface area contributed by atoms with Gasteiger partial charge in [0.25, 0.3) is 0 Å². The van der Waals surface area contributed by atoms with Crippen molar-refractivity contribution >= 4 is 5.78 Å². The van der Waals surface area contributed by atoms with Gasteiger partial charge < -0.3 is 0 Å². The summed E-state index contributed by atoms with van der Waals surface area (Å²) in [7, 11) is 0. The molecule has 8 atom stereocenters. The molecule has 0 aliphatic heterocycles. The summed E-state index contributed by atoms with van der Waals surface area (Å²) in [6, 6.07) is 0. The molecule has 154 valence electrons. The standard InChI is InChI=1S/C26H44O/c1-5-20(27)11-9-18(2)22-13-14-23-21-12-10-19-8-6-7-16-25(19,3)24(21)15-17-26(22,23)4/h18-19,21-24H,5-17H2,1-4H3/t18-,19?,21+,22-,23+,24+,25+,26-/m1/s1. The van der Waals surface area contributed by atoms with Crippen LogP contribution in [0.5, 0.6) is 0 Å². The molecule has 1 heteroatoms. The van der Waals surface area contributed by atoms with Crippen molar-refractivity contribution in [2.75, 3.05) is 0 Å². The van der Waals surface area contributed by atoms with Crippen molar-refractivity contribution in [3.8, 4) is 0 Å². The number of ketones is 1. The lowest BCUT2D eigenvalue weighted by atomic mass is 9.44. The van der Waals surface area contributed by atoms with Crippen LogP contribution in [0.2, 0.25) is 0 Å². The number of carbonyl (C=O) groups excluding carboxylic acids is 1. The van der Waals surface area contributed by atoms with Gasteiger partial charge in [0.2, 0.25) is 0 Å². The van der Waals surface area contributed by atoms with Crippen molar-refractivity contribution in [1.82, 2.24) is 0 Å². The Morgan fingerprint density at radius 1 is 0.926 bits per heavy atom. The maximum atomic E-state index is 11.9. The van der Waals surface area contributed by atoms with Crippen molar-refractivity contribution in [3.05, 3.63) is 0 Å². The van der Waals surface area contributed by atoms with Crippen LogP contribution < -0.4 is 0 Å². The van der Waals surface area contributed by atoms with Crippen LogP contribution in [-0.2, 0) is 4.79 Å². The summed E-state index contributed by atoms with van der Waals surface area (Å²) in [5.41, 5.74) is 1.23. The maximum absolute atomic E-state index is 11.9. The normalized spacial score (nSPS) is 47.6. The largest absolute Gasteiger partial charge is 0.300 e. The molecule has 4 aliphatic rings. The van der Waals surface area contributed by atoms with E-state index in [1.54, 1.807) is 0 Å². The minimum atomic E-state index is 0.466. The van der Waals surface area contributed by atoms with E-state index in [1.165, 1.54) is 64.2 Å². The van der Waals surface area contributed by atoms with Crippen molar-refractivity contribution in [1.29, 1.82) is 0 Å². The van der Waals surface area contributed by atoms with E-state index in [0.717, 1.165) is 54.8 Å². The van der Waals surface area contributed by atoms with Gasteiger partial charge in [0.15, 0.2) is 0 Å². The number of hydrogen-bond donors (Lipinski definition) is 0. The highest BCUT2D eigenvalue weighted by Gasteiger charge is 2.60. The SMILES string of the molecule is CCC(=O)CC[C@@H](C)[C@H]1CC[C@H]2[C@@H]3CCC4CCCC[C@]4(C)[C@H]3CC[C@]12C. The van der Waals surface area contributed by atoms with E-state index in [9.17, 15) is 4.79 Å². The van der Waals surface area contributed by atoms with Crippen molar-refractivity contribution in [2.45, 2.75) is 111 Å². The Labute approximate surface area is 168 Å². The van der Waals surface area contributed by atoms with Gasteiger partial charge in [0.05, 0.1) is 0 Å². The molecular formula is C26H44O. The van der Waals surface area contributed by atoms with E-state index in [1.807, 2.05) is 6.92 Å². The molecule has 1 nitrogen and oxygen atoms in total. The minimum Gasteiger partial charge on any atom is -0.300 e. The summed E-state index contributed by atoms with van der Waals surface area (Å²) < 4.78 is 0. The Bertz CT molecular complexity index is 552. The molecule has 0 bridgehead atoms. The molecule has 4 saturated carbocycles. The molecule has 4 aliphatic carbocycles. The molecule has 0 radical (unpaired) electrons. The van der Waals surface area contributed by atoms with E-state index in [-0.39, 0.29) is 0 Å². The first-order chi connectivity index (χ1) is 12.9. The summed E-state index contributed by atoms with van der Waals surface area (Å²) >= 11 is 0. The zero-order chi connectivity index (χ0) is 19.2. The minimum absolute atomic E-state index is 0.466. The second-order valence-electron chi connectivity index (χ2n) is 11.5. The molecule has 0 N–H and O–H groups in total. The van der Waals surface area contributed by atoms with Crippen LogP contribution in [-0.4, -0.2) is 5.78 Å². The molecular weight excluding hydrogens is 328 g/mol. The van der Waals surface area contributed by atoms with Crippen LogP contribution in [0.1, 0.15) is 111 Å². The first kappa shape index (κ1) is 20.0. The molecule has 0 aromatic rings. The van der Waals surface area contributed by atoms with E-state index < -0.39 is 0 Å². The fraction of sp³-hybridized carbons (Fsp3) is 0.962. The van der Waals surface area contributed by atoms with Crippen LogP contribution in [0.3, 0.4) is 0 Å². The van der Waals surface area contributed by atoms with Gasteiger partial charge in [-0.1, -0.05) is 40.5 Å². The average molecular weight is 373 g/mol. The van der Waals surface area contributed by atoms with Crippen LogP contribution in [0.4, 0.5) is 0 Å². The van der Waals surface area contributed by atoms with Gasteiger partial charge >= 0.3 is 0 Å². The van der Waals surface area contributed by atoms with E-state index >= 15 is 0 Å². The van der Waals surface area contributed by atoms with Gasteiger partial charge in [-0.05, 0) is 104 Å². The van der Waals surface area contributed by atoms with Gasteiger partial charge in [-0.3, -0.25) is 4.79 Å². The lowest BCUT2D eigenvalue weighted by Gasteiger charge is -2.61. The lowest BCUT2D eigenvalue weighted by molar-refractivity contribution is -0.120. The number of rotatable bonds is 5. The first-order valence-electron chi connectivity index (χ1n) is 12.4. The second kappa shape index (κ2) is 7.49. The highest BCUT2D eigenvalue weighted by molar-refractivity contribution is 5.77. The third-order valence-electron chi connectivity index (χ3n) is 10.6. The Balaban J connectivity index is 1.49. The predicted molar refractivity (Wildman–Crippen MR) is 114 cm³/mol. The van der Waals surface area contributed by atoms with Crippen molar-refractivity contribution in [2.24, 2.45) is 46.3 Å². The topological polar surface area (TPSA) is 17.1 Å². The predicted octanol–water partition coefficient (Wildman–Crippen LogP) is 7.43. The zero-order valence-corrected chi connectivity index (χ0v) is 18.6. The van der Waals surface area contributed by atoms with Crippen molar-refractivity contribution < 1.29 is 4.79 Å². The van der Waals surface area contributed by atoms with Crippen LogP contribution in [0.15, 0.2) is 0 Å². The molecule has 27 heavy (non-hydrogen) atoms. The Kier molecular flexibility index (Phi) is 5.54. The molecule has 4 rings (SSSR count). The van der Waals surface area contributed by atoms with Crippen LogP contribution in [0, 0.1) is 46.3 Å². The summed E-state index contributed by atoms with van der Waals surface area (Å²) in [6.45, 7) is 9.84. The molecule has 4 fully saturated rings. The monoisotopic (exact) mass is 372 g/mol. The molecule has 0 amide bonds. The van der Waals surface area contributed by atoms with Crippen LogP contribution in [0.25, 0.3) is 0 Å². The summed E-state index contributed by atoms with van der Waals surface area (Å²) in [4.78, 5) is 11.9. The van der Waals surface area contributed by atoms with Gasteiger partial charge in [-0.15, -0.1) is 0 Å². The number of fused-ring (bicyclic) bond motifs is 5. The highest BCUT2D eigenvalue weighted by atomic mass is 16.1. The van der Waals surface area contributed by atoms with E-state index in [4.69, 9.17) is 0 Å². The average Bonchev–Trinajstić information content (AvgIpc) is 3.02.